The maximum atomic E-state index is 13.6. The second kappa shape index (κ2) is 6.60. The number of benzene rings is 1. The zero-order valence-electron chi connectivity index (χ0n) is 9.77. The lowest BCUT2D eigenvalue weighted by Crippen LogP contribution is -2.51. The topological polar surface area (TPSA) is 29.1 Å². The van der Waals surface area contributed by atoms with Gasteiger partial charge in [-0.05, 0) is 24.6 Å². The highest BCUT2D eigenvalue weighted by Crippen LogP contribution is 2.18. The minimum atomic E-state index is -0.730. The summed E-state index contributed by atoms with van der Waals surface area (Å²) in [5, 5.41) is 2.91. The Morgan fingerprint density at radius 3 is 2.44 bits per heavy atom. The fraction of sp³-hybridized carbons (Fsp3) is 0.417. The molecule has 0 atom stereocenters. The Labute approximate surface area is 120 Å². The molecule has 0 aliphatic rings. The number of carbonyl (C=O) groups excluding carboxylic acids is 1. The van der Waals surface area contributed by atoms with Crippen molar-refractivity contribution >= 4 is 40.7 Å². The van der Waals surface area contributed by atoms with Crippen LogP contribution in [0.4, 0.5) is 4.39 Å². The smallest absolute Gasteiger partial charge is 0.254 e. The molecule has 0 aliphatic carbocycles. The van der Waals surface area contributed by atoms with Crippen molar-refractivity contribution in [2.75, 3.05) is 11.8 Å². The summed E-state index contributed by atoms with van der Waals surface area (Å²) in [6.07, 6.45) is 0.556. The van der Waals surface area contributed by atoms with Gasteiger partial charge in [0.05, 0.1) is 11.1 Å². The van der Waals surface area contributed by atoms with Crippen molar-refractivity contribution in [3.63, 3.8) is 0 Å². The van der Waals surface area contributed by atoms with Crippen LogP contribution in [0, 0.1) is 5.82 Å². The second-order valence-electron chi connectivity index (χ2n) is 3.98. The lowest BCUT2D eigenvalue weighted by Gasteiger charge is -2.29. The van der Waals surface area contributed by atoms with E-state index in [4.69, 9.17) is 34.8 Å². The molecule has 1 N–H and O–H groups in total. The molecule has 0 radical (unpaired) electrons. The van der Waals surface area contributed by atoms with E-state index in [9.17, 15) is 9.18 Å². The molecule has 18 heavy (non-hydrogen) atoms. The minimum absolute atomic E-state index is 0.0764. The Bertz CT molecular complexity index is 427. The van der Waals surface area contributed by atoms with Crippen molar-refractivity contribution in [2.24, 2.45) is 0 Å². The maximum Gasteiger partial charge on any atom is 0.254 e. The first-order valence-corrected chi connectivity index (χ1v) is 6.82. The molecule has 0 spiro atoms. The van der Waals surface area contributed by atoms with Gasteiger partial charge in [0.25, 0.3) is 5.91 Å². The average molecular weight is 313 g/mol. The van der Waals surface area contributed by atoms with Crippen LogP contribution in [0.3, 0.4) is 0 Å². The number of hydrogen-bond acceptors (Lipinski definition) is 1. The highest BCUT2D eigenvalue weighted by atomic mass is 35.5. The molecule has 0 bridgehead atoms. The lowest BCUT2D eigenvalue weighted by molar-refractivity contribution is 0.0909. The molecule has 1 amide bonds. The number of rotatable bonds is 5. The van der Waals surface area contributed by atoms with Gasteiger partial charge in [-0.25, -0.2) is 4.39 Å². The quantitative estimate of drug-likeness (QED) is 0.822. The zero-order valence-corrected chi connectivity index (χ0v) is 12.0. The SMILES string of the molecule is CCC(CCl)(CCl)NC(=O)c1ccc(Cl)cc1F. The van der Waals surface area contributed by atoms with Crippen LogP contribution in [0.1, 0.15) is 23.7 Å². The summed E-state index contributed by atoms with van der Waals surface area (Å²) in [7, 11) is 0. The number of halogens is 4. The standard InChI is InChI=1S/C12H13Cl3FNO/c1-2-12(6-13,7-14)17-11(18)9-4-3-8(15)5-10(9)16/h3-5H,2,6-7H2,1H3,(H,17,18). The molecule has 1 aromatic carbocycles. The van der Waals surface area contributed by atoms with E-state index in [1.807, 2.05) is 6.92 Å². The zero-order chi connectivity index (χ0) is 13.8. The monoisotopic (exact) mass is 311 g/mol. The van der Waals surface area contributed by atoms with Crippen molar-refractivity contribution in [1.82, 2.24) is 5.32 Å². The predicted octanol–water partition coefficient (Wildman–Crippen LogP) is 3.84. The Kier molecular flexibility index (Phi) is 5.70. The van der Waals surface area contributed by atoms with Crippen LogP contribution in [0.2, 0.25) is 5.02 Å². The van der Waals surface area contributed by atoms with Gasteiger partial charge in [0.1, 0.15) is 5.82 Å². The van der Waals surface area contributed by atoms with Gasteiger partial charge in [-0.2, -0.15) is 0 Å². The number of carbonyl (C=O) groups is 1. The summed E-state index contributed by atoms with van der Waals surface area (Å²) in [5.41, 5.74) is -0.806. The van der Waals surface area contributed by atoms with Crippen LogP contribution in [-0.4, -0.2) is 23.2 Å². The fourth-order valence-corrected chi connectivity index (χ4v) is 2.32. The molecule has 0 aliphatic heterocycles. The largest absolute Gasteiger partial charge is 0.344 e. The molecule has 100 valence electrons. The number of amides is 1. The van der Waals surface area contributed by atoms with Crippen LogP contribution in [-0.2, 0) is 0 Å². The van der Waals surface area contributed by atoms with Gasteiger partial charge in [-0.3, -0.25) is 4.79 Å². The molecule has 0 saturated heterocycles. The van der Waals surface area contributed by atoms with E-state index in [1.165, 1.54) is 12.1 Å². The van der Waals surface area contributed by atoms with Crippen LogP contribution in [0.15, 0.2) is 18.2 Å². The van der Waals surface area contributed by atoms with E-state index in [-0.39, 0.29) is 22.3 Å². The van der Waals surface area contributed by atoms with E-state index >= 15 is 0 Å². The van der Waals surface area contributed by atoms with E-state index in [2.05, 4.69) is 5.32 Å². The van der Waals surface area contributed by atoms with Crippen LogP contribution < -0.4 is 5.32 Å². The van der Waals surface area contributed by atoms with Gasteiger partial charge >= 0.3 is 0 Å². The molecule has 1 aromatic rings. The summed E-state index contributed by atoms with van der Waals surface area (Å²) < 4.78 is 13.6. The molecular formula is C12H13Cl3FNO. The minimum Gasteiger partial charge on any atom is -0.344 e. The van der Waals surface area contributed by atoms with Crippen molar-refractivity contribution in [3.05, 3.63) is 34.6 Å². The number of nitrogens with one attached hydrogen (secondary N) is 1. The highest BCUT2D eigenvalue weighted by molar-refractivity contribution is 6.30. The average Bonchev–Trinajstić information content (AvgIpc) is 2.36. The van der Waals surface area contributed by atoms with Crippen molar-refractivity contribution in [2.45, 2.75) is 18.9 Å². The Morgan fingerprint density at radius 1 is 1.39 bits per heavy atom. The first-order chi connectivity index (χ1) is 8.48. The molecular weight excluding hydrogens is 299 g/mol. The number of alkyl halides is 2. The molecule has 0 heterocycles. The molecule has 1 rings (SSSR count). The normalized spacial score (nSPS) is 11.4. The van der Waals surface area contributed by atoms with Gasteiger partial charge in [0.15, 0.2) is 0 Å². The van der Waals surface area contributed by atoms with Crippen molar-refractivity contribution < 1.29 is 9.18 Å². The maximum absolute atomic E-state index is 13.6. The van der Waals surface area contributed by atoms with Crippen LogP contribution >= 0.6 is 34.8 Å². The molecule has 0 aromatic heterocycles. The summed E-state index contributed by atoms with van der Waals surface area (Å²) >= 11 is 17.2. The highest BCUT2D eigenvalue weighted by Gasteiger charge is 2.29. The van der Waals surface area contributed by atoms with E-state index in [0.29, 0.717) is 6.42 Å². The van der Waals surface area contributed by atoms with Gasteiger partial charge in [0.2, 0.25) is 0 Å². The molecule has 2 nitrogen and oxygen atoms in total. The summed E-state index contributed by atoms with van der Waals surface area (Å²) in [6, 6.07) is 3.87. The van der Waals surface area contributed by atoms with Crippen LogP contribution in [0.25, 0.3) is 0 Å². The van der Waals surface area contributed by atoms with E-state index in [0.717, 1.165) is 6.07 Å². The third-order valence-electron chi connectivity index (χ3n) is 2.74. The summed E-state index contributed by atoms with van der Waals surface area (Å²) in [6.45, 7) is 1.85. The Balaban J connectivity index is 2.94. The molecule has 0 saturated carbocycles. The molecule has 6 heteroatoms. The Morgan fingerprint density at radius 2 is 2.00 bits per heavy atom. The predicted molar refractivity (Wildman–Crippen MR) is 73.3 cm³/mol. The Hall–Kier alpha value is -0.510. The van der Waals surface area contributed by atoms with E-state index < -0.39 is 17.3 Å². The van der Waals surface area contributed by atoms with Crippen molar-refractivity contribution in [3.8, 4) is 0 Å². The first kappa shape index (κ1) is 15.5. The molecule has 0 fully saturated rings. The van der Waals surface area contributed by atoms with Gasteiger partial charge < -0.3 is 5.32 Å². The first-order valence-electron chi connectivity index (χ1n) is 5.37. The van der Waals surface area contributed by atoms with Gasteiger partial charge in [0, 0.05) is 16.8 Å². The van der Waals surface area contributed by atoms with Gasteiger partial charge in [-0.1, -0.05) is 18.5 Å². The van der Waals surface area contributed by atoms with Crippen LogP contribution in [0.5, 0.6) is 0 Å². The van der Waals surface area contributed by atoms with E-state index in [1.54, 1.807) is 0 Å². The van der Waals surface area contributed by atoms with Gasteiger partial charge in [-0.15, -0.1) is 23.2 Å². The summed E-state index contributed by atoms with van der Waals surface area (Å²) in [4.78, 5) is 12.0. The summed E-state index contributed by atoms with van der Waals surface area (Å²) in [5.74, 6) is -0.900. The molecule has 0 unspecified atom stereocenters. The third-order valence-corrected chi connectivity index (χ3v) is 4.00. The second-order valence-corrected chi connectivity index (χ2v) is 4.95. The fourth-order valence-electron chi connectivity index (χ4n) is 1.36. The third kappa shape index (κ3) is 3.50. The lowest BCUT2D eigenvalue weighted by atomic mass is 10.0. The number of hydrogen-bond donors (Lipinski definition) is 1. The van der Waals surface area contributed by atoms with Crippen molar-refractivity contribution in [1.29, 1.82) is 0 Å².